The van der Waals surface area contributed by atoms with Crippen LogP contribution in [0.2, 0.25) is 5.15 Å². The van der Waals surface area contributed by atoms with Crippen molar-refractivity contribution in [1.29, 1.82) is 0 Å². The van der Waals surface area contributed by atoms with E-state index in [2.05, 4.69) is 20.6 Å². The number of hydrogen-bond acceptors (Lipinski definition) is 5. The molecule has 6 heteroatoms. The molecule has 0 unspecified atom stereocenters. The Balaban J connectivity index is 2.17. The summed E-state index contributed by atoms with van der Waals surface area (Å²) in [5.74, 6) is 1.95. The fraction of sp³-hybridized carbons (Fsp3) is 0.231. The summed E-state index contributed by atoms with van der Waals surface area (Å²) in [4.78, 5) is 8.39. The summed E-state index contributed by atoms with van der Waals surface area (Å²) in [5, 5.41) is 6.58. The number of nitrogens with zero attached hydrogens (tertiary/aromatic N) is 2. The summed E-state index contributed by atoms with van der Waals surface area (Å²) < 4.78 is 5.11. The van der Waals surface area contributed by atoms with Crippen LogP contribution in [0.4, 0.5) is 17.5 Å². The van der Waals surface area contributed by atoms with Gasteiger partial charge in [-0.1, -0.05) is 11.6 Å². The van der Waals surface area contributed by atoms with Gasteiger partial charge in [-0.2, -0.15) is 4.98 Å². The van der Waals surface area contributed by atoms with Crippen LogP contribution in [0.1, 0.15) is 6.92 Å². The second-order valence-electron chi connectivity index (χ2n) is 3.78. The fourth-order valence-corrected chi connectivity index (χ4v) is 1.72. The maximum absolute atomic E-state index is 5.95. The highest BCUT2D eigenvalue weighted by Crippen LogP contribution is 2.21. The van der Waals surface area contributed by atoms with Gasteiger partial charge in [-0.15, -0.1) is 0 Å². The van der Waals surface area contributed by atoms with Gasteiger partial charge in [0.1, 0.15) is 16.7 Å². The van der Waals surface area contributed by atoms with E-state index in [1.807, 2.05) is 31.2 Å². The Morgan fingerprint density at radius 2 is 1.95 bits per heavy atom. The molecule has 0 saturated carbocycles. The van der Waals surface area contributed by atoms with Crippen molar-refractivity contribution in [3.05, 3.63) is 35.5 Å². The number of hydrogen-bond donors (Lipinski definition) is 2. The Labute approximate surface area is 117 Å². The zero-order valence-corrected chi connectivity index (χ0v) is 11.5. The minimum Gasteiger partial charge on any atom is -0.497 e. The highest BCUT2D eigenvalue weighted by Gasteiger charge is 2.03. The fourth-order valence-electron chi connectivity index (χ4n) is 1.54. The molecule has 1 heterocycles. The molecule has 0 spiro atoms. The molecule has 2 rings (SSSR count). The lowest BCUT2D eigenvalue weighted by Crippen LogP contribution is -2.04. The molecule has 0 aliphatic rings. The van der Waals surface area contributed by atoms with Gasteiger partial charge in [-0.25, -0.2) is 4.98 Å². The monoisotopic (exact) mass is 278 g/mol. The first-order valence-electron chi connectivity index (χ1n) is 5.91. The summed E-state index contributed by atoms with van der Waals surface area (Å²) in [6, 6.07) is 9.23. The second kappa shape index (κ2) is 6.24. The van der Waals surface area contributed by atoms with E-state index in [1.54, 1.807) is 13.2 Å². The number of rotatable bonds is 5. The normalized spacial score (nSPS) is 10.1. The van der Waals surface area contributed by atoms with E-state index in [9.17, 15) is 0 Å². The van der Waals surface area contributed by atoms with Crippen LogP contribution in [0.5, 0.6) is 5.75 Å². The lowest BCUT2D eigenvalue weighted by Gasteiger charge is -2.09. The maximum Gasteiger partial charge on any atom is 0.226 e. The zero-order chi connectivity index (χ0) is 13.7. The van der Waals surface area contributed by atoms with Gasteiger partial charge in [-0.3, -0.25) is 0 Å². The molecule has 1 aromatic heterocycles. The number of ether oxygens (including phenoxy) is 1. The first-order valence-corrected chi connectivity index (χ1v) is 6.28. The lowest BCUT2D eigenvalue weighted by molar-refractivity contribution is 0.415. The van der Waals surface area contributed by atoms with Crippen molar-refractivity contribution in [1.82, 2.24) is 9.97 Å². The second-order valence-corrected chi connectivity index (χ2v) is 4.17. The van der Waals surface area contributed by atoms with Crippen LogP contribution >= 0.6 is 11.6 Å². The van der Waals surface area contributed by atoms with E-state index >= 15 is 0 Å². The number of anilines is 3. The standard InChI is InChI=1S/C13H15ClN4O/c1-3-15-13-17-11(14)8-12(18-13)16-9-4-6-10(19-2)7-5-9/h4-8H,3H2,1-2H3,(H2,15,16,17,18). The molecular formula is C13H15ClN4O. The number of halogens is 1. The predicted molar refractivity (Wildman–Crippen MR) is 77.5 cm³/mol. The third kappa shape index (κ3) is 3.72. The summed E-state index contributed by atoms with van der Waals surface area (Å²) in [6.45, 7) is 2.71. The van der Waals surface area contributed by atoms with E-state index in [0.717, 1.165) is 18.0 Å². The van der Waals surface area contributed by atoms with Crippen LogP contribution in [0.15, 0.2) is 30.3 Å². The minimum atomic E-state index is 0.391. The van der Waals surface area contributed by atoms with E-state index in [1.165, 1.54) is 0 Å². The third-order valence-corrected chi connectivity index (χ3v) is 2.59. The molecule has 0 saturated heterocycles. The van der Waals surface area contributed by atoms with Gasteiger partial charge < -0.3 is 15.4 Å². The molecule has 0 bridgehead atoms. The maximum atomic E-state index is 5.95. The van der Waals surface area contributed by atoms with Crippen LogP contribution in [0.25, 0.3) is 0 Å². The van der Waals surface area contributed by atoms with E-state index in [0.29, 0.717) is 16.9 Å². The van der Waals surface area contributed by atoms with Crippen LogP contribution in [-0.4, -0.2) is 23.6 Å². The van der Waals surface area contributed by atoms with E-state index in [4.69, 9.17) is 16.3 Å². The summed E-state index contributed by atoms with van der Waals surface area (Å²) >= 11 is 5.95. The number of nitrogens with one attached hydrogen (secondary N) is 2. The Kier molecular flexibility index (Phi) is 4.41. The molecule has 100 valence electrons. The van der Waals surface area contributed by atoms with Gasteiger partial charge in [0.15, 0.2) is 0 Å². The van der Waals surface area contributed by atoms with Gasteiger partial charge in [0.2, 0.25) is 5.95 Å². The summed E-state index contributed by atoms with van der Waals surface area (Å²) in [5.41, 5.74) is 0.901. The van der Waals surface area contributed by atoms with Crippen molar-refractivity contribution in [3.8, 4) is 5.75 Å². The minimum absolute atomic E-state index is 0.391. The Hall–Kier alpha value is -2.01. The van der Waals surface area contributed by atoms with Crippen LogP contribution in [0, 0.1) is 0 Å². The zero-order valence-electron chi connectivity index (χ0n) is 10.8. The third-order valence-electron chi connectivity index (χ3n) is 2.39. The quantitative estimate of drug-likeness (QED) is 0.822. The van der Waals surface area contributed by atoms with Crippen molar-refractivity contribution in [2.24, 2.45) is 0 Å². The smallest absolute Gasteiger partial charge is 0.226 e. The molecule has 5 nitrogen and oxygen atoms in total. The highest BCUT2D eigenvalue weighted by molar-refractivity contribution is 6.29. The molecule has 0 amide bonds. The topological polar surface area (TPSA) is 59.1 Å². The molecule has 1 aromatic carbocycles. The molecule has 0 fully saturated rings. The average Bonchev–Trinajstić information content (AvgIpc) is 2.39. The summed E-state index contributed by atoms with van der Waals surface area (Å²) in [6.07, 6.45) is 0. The van der Waals surface area contributed by atoms with Crippen molar-refractivity contribution in [2.75, 3.05) is 24.3 Å². The van der Waals surface area contributed by atoms with Gasteiger partial charge in [0.05, 0.1) is 7.11 Å². The van der Waals surface area contributed by atoms with Crippen molar-refractivity contribution in [2.45, 2.75) is 6.92 Å². The molecule has 0 aliphatic heterocycles. The first kappa shape index (κ1) is 13.4. The Morgan fingerprint density at radius 3 is 2.58 bits per heavy atom. The largest absolute Gasteiger partial charge is 0.497 e. The molecule has 0 radical (unpaired) electrons. The lowest BCUT2D eigenvalue weighted by atomic mass is 10.3. The highest BCUT2D eigenvalue weighted by atomic mass is 35.5. The van der Waals surface area contributed by atoms with Crippen molar-refractivity contribution in [3.63, 3.8) is 0 Å². The Bertz CT molecular complexity index is 545. The van der Waals surface area contributed by atoms with Gasteiger partial charge in [-0.05, 0) is 31.2 Å². The predicted octanol–water partition coefficient (Wildman–Crippen LogP) is 3.31. The van der Waals surface area contributed by atoms with Crippen LogP contribution in [0.3, 0.4) is 0 Å². The molecular weight excluding hydrogens is 264 g/mol. The van der Waals surface area contributed by atoms with E-state index < -0.39 is 0 Å². The first-order chi connectivity index (χ1) is 9.21. The number of methoxy groups -OCH3 is 1. The van der Waals surface area contributed by atoms with Crippen molar-refractivity contribution >= 4 is 29.1 Å². The Morgan fingerprint density at radius 1 is 1.21 bits per heavy atom. The molecule has 0 aliphatic carbocycles. The van der Waals surface area contributed by atoms with Gasteiger partial charge in [0, 0.05) is 18.3 Å². The SMILES string of the molecule is CCNc1nc(Cl)cc(Nc2ccc(OC)cc2)n1. The molecule has 19 heavy (non-hydrogen) atoms. The molecule has 0 atom stereocenters. The van der Waals surface area contributed by atoms with Gasteiger partial charge >= 0.3 is 0 Å². The van der Waals surface area contributed by atoms with Crippen molar-refractivity contribution < 1.29 is 4.74 Å². The molecule has 2 N–H and O–H groups in total. The van der Waals surface area contributed by atoms with E-state index in [-0.39, 0.29) is 0 Å². The summed E-state index contributed by atoms with van der Waals surface area (Å²) in [7, 11) is 1.63. The number of benzene rings is 1. The van der Waals surface area contributed by atoms with Crippen LogP contribution < -0.4 is 15.4 Å². The number of aromatic nitrogens is 2. The average molecular weight is 279 g/mol. The van der Waals surface area contributed by atoms with Gasteiger partial charge in [0.25, 0.3) is 0 Å². The van der Waals surface area contributed by atoms with Crippen LogP contribution in [-0.2, 0) is 0 Å². The molecule has 2 aromatic rings.